The molecule has 0 unspecified atom stereocenters. The molecule has 0 aliphatic rings. The van der Waals surface area contributed by atoms with Crippen LogP contribution in [0.2, 0.25) is 0 Å². The fraction of sp³-hybridized carbons (Fsp3) is 0.250. The molecule has 0 spiro atoms. The third-order valence-electron chi connectivity index (χ3n) is 1.66. The van der Waals surface area contributed by atoms with Gasteiger partial charge in [-0.05, 0) is 6.92 Å². The van der Waals surface area contributed by atoms with E-state index in [4.69, 9.17) is 0 Å². The zero-order valence-corrected chi connectivity index (χ0v) is 9.06. The summed E-state index contributed by atoms with van der Waals surface area (Å²) in [5, 5.41) is 2.87. The Hall–Kier alpha value is -1.14. The van der Waals surface area contributed by atoms with Crippen LogP contribution in [0, 0.1) is 6.92 Å². The Labute approximate surface area is 89.0 Å². The second kappa shape index (κ2) is 3.93. The number of rotatable bonds is 3. The maximum atomic E-state index is 11.6. The highest BCUT2D eigenvalue weighted by Gasteiger charge is 2.11. The fourth-order valence-corrected chi connectivity index (χ4v) is 2.08. The number of aryl methyl sites for hydroxylation is 1. The zero-order valence-electron chi connectivity index (χ0n) is 7.43. The van der Waals surface area contributed by atoms with Crippen molar-refractivity contribution in [2.24, 2.45) is 0 Å². The SMILES string of the molecule is Cc1nc(CC(=O)c2cnsn2)cs1. The van der Waals surface area contributed by atoms with Crippen LogP contribution in [0.15, 0.2) is 11.6 Å². The van der Waals surface area contributed by atoms with E-state index in [1.165, 1.54) is 6.20 Å². The summed E-state index contributed by atoms with van der Waals surface area (Å²) in [5.41, 5.74) is 1.24. The number of hydrogen-bond donors (Lipinski definition) is 0. The van der Waals surface area contributed by atoms with Crippen molar-refractivity contribution >= 4 is 28.8 Å². The van der Waals surface area contributed by atoms with Crippen LogP contribution in [0.25, 0.3) is 0 Å². The van der Waals surface area contributed by atoms with E-state index >= 15 is 0 Å². The summed E-state index contributed by atoms with van der Waals surface area (Å²) in [6, 6.07) is 0. The fourth-order valence-electron chi connectivity index (χ4n) is 1.03. The van der Waals surface area contributed by atoms with Crippen molar-refractivity contribution in [3.05, 3.63) is 28.0 Å². The topological polar surface area (TPSA) is 55.7 Å². The number of Topliss-reactive ketones (excluding diaryl/α,β-unsaturated/α-hetero) is 1. The van der Waals surface area contributed by atoms with Crippen molar-refractivity contribution in [2.45, 2.75) is 13.3 Å². The molecule has 0 saturated heterocycles. The Bertz CT molecular complexity index is 435. The number of hydrogen-bond acceptors (Lipinski definition) is 6. The minimum absolute atomic E-state index is 0.0240. The summed E-state index contributed by atoms with van der Waals surface area (Å²) >= 11 is 2.59. The Morgan fingerprint density at radius 2 is 2.43 bits per heavy atom. The van der Waals surface area contributed by atoms with E-state index in [2.05, 4.69) is 13.7 Å². The number of ketones is 1. The first kappa shape index (κ1) is 9.42. The molecule has 2 aromatic rings. The largest absolute Gasteiger partial charge is 0.292 e. The van der Waals surface area contributed by atoms with Crippen LogP contribution < -0.4 is 0 Å². The number of carbonyl (C=O) groups excluding carboxylic acids is 1. The summed E-state index contributed by atoms with van der Waals surface area (Å²) in [4.78, 5) is 15.8. The molecule has 2 rings (SSSR count). The zero-order chi connectivity index (χ0) is 9.97. The number of carbonyl (C=O) groups is 1. The van der Waals surface area contributed by atoms with Crippen molar-refractivity contribution in [3.8, 4) is 0 Å². The van der Waals surface area contributed by atoms with E-state index in [1.54, 1.807) is 11.3 Å². The first-order valence-corrected chi connectivity index (χ1v) is 5.58. The van der Waals surface area contributed by atoms with E-state index in [0.717, 1.165) is 22.4 Å². The second-order valence-corrected chi connectivity index (χ2v) is 4.37. The lowest BCUT2D eigenvalue weighted by Gasteiger charge is -1.91. The van der Waals surface area contributed by atoms with Crippen molar-refractivity contribution in [1.29, 1.82) is 0 Å². The predicted octanol–water partition coefficient (Wildman–Crippen LogP) is 1.73. The third-order valence-corrected chi connectivity index (χ3v) is 2.96. The molecule has 0 aliphatic carbocycles. The van der Waals surface area contributed by atoms with Crippen LogP contribution in [0.5, 0.6) is 0 Å². The normalized spacial score (nSPS) is 10.4. The summed E-state index contributed by atoms with van der Waals surface area (Å²) in [5.74, 6) is -0.0240. The molecule has 2 heterocycles. The summed E-state index contributed by atoms with van der Waals surface area (Å²) in [6.07, 6.45) is 1.81. The standard InChI is InChI=1S/C8H7N3OS2/c1-5-10-6(4-13-5)2-8(12)7-3-9-14-11-7/h3-4H,2H2,1H3. The van der Waals surface area contributed by atoms with E-state index in [1.807, 2.05) is 12.3 Å². The van der Waals surface area contributed by atoms with Gasteiger partial charge in [-0.2, -0.15) is 8.75 Å². The van der Waals surface area contributed by atoms with Crippen LogP contribution in [0.4, 0.5) is 0 Å². The average molecular weight is 225 g/mol. The molecule has 0 amide bonds. The monoisotopic (exact) mass is 225 g/mol. The Kier molecular flexibility index (Phi) is 2.64. The quantitative estimate of drug-likeness (QED) is 0.746. The van der Waals surface area contributed by atoms with Gasteiger partial charge in [0.05, 0.1) is 35.0 Å². The molecule has 0 radical (unpaired) electrons. The summed E-state index contributed by atoms with van der Waals surface area (Å²) in [6.45, 7) is 1.92. The maximum Gasteiger partial charge on any atom is 0.189 e. The maximum absolute atomic E-state index is 11.6. The Morgan fingerprint density at radius 1 is 1.57 bits per heavy atom. The number of thiazole rings is 1. The van der Waals surface area contributed by atoms with Gasteiger partial charge in [0.1, 0.15) is 5.69 Å². The first-order valence-electron chi connectivity index (χ1n) is 3.97. The lowest BCUT2D eigenvalue weighted by atomic mass is 10.2. The van der Waals surface area contributed by atoms with E-state index < -0.39 is 0 Å². The summed E-state index contributed by atoms with van der Waals surface area (Å²) in [7, 11) is 0. The van der Waals surface area contributed by atoms with Gasteiger partial charge in [0, 0.05) is 5.38 Å². The minimum atomic E-state index is -0.0240. The van der Waals surface area contributed by atoms with Crippen molar-refractivity contribution in [1.82, 2.24) is 13.7 Å². The predicted molar refractivity (Wildman–Crippen MR) is 54.8 cm³/mol. The van der Waals surface area contributed by atoms with Gasteiger partial charge in [0.2, 0.25) is 0 Å². The second-order valence-electron chi connectivity index (χ2n) is 2.75. The molecule has 0 aliphatic heterocycles. The van der Waals surface area contributed by atoms with E-state index in [-0.39, 0.29) is 5.78 Å². The number of aromatic nitrogens is 3. The van der Waals surface area contributed by atoms with Gasteiger partial charge in [0.25, 0.3) is 0 Å². The van der Waals surface area contributed by atoms with Crippen LogP contribution in [-0.2, 0) is 6.42 Å². The van der Waals surface area contributed by atoms with Gasteiger partial charge >= 0.3 is 0 Å². The molecule has 6 heteroatoms. The number of nitrogens with zero attached hydrogens (tertiary/aromatic N) is 3. The average Bonchev–Trinajstić information content (AvgIpc) is 2.75. The Morgan fingerprint density at radius 3 is 3.00 bits per heavy atom. The molecule has 0 saturated carbocycles. The highest BCUT2D eigenvalue weighted by molar-refractivity contribution is 7.09. The molecule has 0 aromatic carbocycles. The lowest BCUT2D eigenvalue weighted by Crippen LogP contribution is -2.03. The van der Waals surface area contributed by atoms with Gasteiger partial charge in [-0.25, -0.2) is 4.98 Å². The van der Waals surface area contributed by atoms with Gasteiger partial charge in [0.15, 0.2) is 5.78 Å². The Balaban J connectivity index is 2.09. The lowest BCUT2D eigenvalue weighted by molar-refractivity contribution is 0.0988. The van der Waals surface area contributed by atoms with Crippen LogP contribution >= 0.6 is 23.1 Å². The molecule has 72 valence electrons. The third kappa shape index (κ3) is 2.02. The minimum Gasteiger partial charge on any atom is -0.292 e. The summed E-state index contributed by atoms with van der Waals surface area (Å²) < 4.78 is 7.66. The van der Waals surface area contributed by atoms with Gasteiger partial charge in [-0.15, -0.1) is 11.3 Å². The van der Waals surface area contributed by atoms with Crippen LogP contribution in [0.1, 0.15) is 21.2 Å². The molecule has 0 atom stereocenters. The molecule has 0 fully saturated rings. The van der Waals surface area contributed by atoms with Crippen LogP contribution in [-0.4, -0.2) is 19.5 Å². The smallest absolute Gasteiger partial charge is 0.189 e. The van der Waals surface area contributed by atoms with Crippen LogP contribution in [0.3, 0.4) is 0 Å². The molecule has 14 heavy (non-hydrogen) atoms. The first-order chi connectivity index (χ1) is 6.75. The van der Waals surface area contributed by atoms with Crippen molar-refractivity contribution < 1.29 is 4.79 Å². The molecule has 0 N–H and O–H groups in total. The molecule has 0 bridgehead atoms. The van der Waals surface area contributed by atoms with Crippen molar-refractivity contribution in [3.63, 3.8) is 0 Å². The highest BCUT2D eigenvalue weighted by atomic mass is 32.1. The van der Waals surface area contributed by atoms with Gasteiger partial charge in [-0.3, -0.25) is 4.79 Å². The van der Waals surface area contributed by atoms with Gasteiger partial charge < -0.3 is 0 Å². The van der Waals surface area contributed by atoms with E-state index in [0.29, 0.717) is 12.1 Å². The van der Waals surface area contributed by atoms with Gasteiger partial charge in [-0.1, -0.05) is 0 Å². The molecule has 4 nitrogen and oxygen atoms in total. The molecule has 2 aromatic heterocycles. The van der Waals surface area contributed by atoms with Crippen molar-refractivity contribution in [2.75, 3.05) is 0 Å². The highest BCUT2D eigenvalue weighted by Crippen LogP contribution is 2.10. The van der Waals surface area contributed by atoms with E-state index in [9.17, 15) is 4.79 Å². The molecular weight excluding hydrogens is 218 g/mol. The molecular formula is C8H7N3OS2.